The summed E-state index contributed by atoms with van der Waals surface area (Å²) in [6.45, 7) is 7.22. The van der Waals surface area contributed by atoms with Gasteiger partial charge in [-0.1, -0.05) is 18.5 Å². The number of aromatic nitrogens is 1. The fourth-order valence-corrected chi connectivity index (χ4v) is 4.31. The second kappa shape index (κ2) is 9.29. The molecule has 1 unspecified atom stereocenters. The Balaban J connectivity index is 1.51. The summed E-state index contributed by atoms with van der Waals surface area (Å²) in [5.41, 5.74) is -0.468. The number of hydrogen-bond acceptors (Lipinski definition) is 5. The number of methoxy groups -OCH3 is 1. The molecule has 1 fully saturated rings. The largest absolute Gasteiger partial charge is 0.385 e. The first-order valence-corrected chi connectivity index (χ1v) is 10.6. The van der Waals surface area contributed by atoms with E-state index in [0.717, 1.165) is 51.3 Å². The van der Waals surface area contributed by atoms with Crippen molar-refractivity contribution >= 4 is 23.3 Å². The number of carbonyl (C=O) groups is 1. The highest BCUT2D eigenvalue weighted by Gasteiger charge is 2.42. The van der Waals surface area contributed by atoms with Crippen molar-refractivity contribution in [3.05, 3.63) is 22.6 Å². The number of nitrogens with zero attached hydrogens (tertiary/aromatic N) is 2. The zero-order valence-corrected chi connectivity index (χ0v) is 17.6. The molecule has 0 radical (unpaired) electrons. The minimum Gasteiger partial charge on any atom is -0.385 e. The van der Waals surface area contributed by atoms with Crippen LogP contribution in [0.1, 0.15) is 32.6 Å². The van der Waals surface area contributed by atoms with Crippen LogP contribution in [0.5, 0.6) is 0 Å². The molecule has 7 nitrogen and oxygen atoms in total. The number of anilines is 1. The maximum absolute atomic E-state index is 13.0. The molecule has 1 aromatic heterocycles. The number of halogens is 1. The third kappa shape index (κ3) is 4.53. The molecular weight excluding hydrogens is 378 g/mol. The van der Waals surface area contributed by atoms with Gasteiger partial charge in [-0.3, -0.25) is 10.2 Å². The quantitative estimate of drug-likeness (QED) is 0.574. The van der Waals surface area contributed by atoms with Crippen LogP contribution in [0.15, 0.2) is 12.1 Å². The number of piperidine rings is 1. The highest BCUT2D eigenvalue weighted by Crippen LogP contribution is 2.29. The number of fused-ring (bicyclic) bond motifs is 1. The average Bonchev–Trinajstić information content (AvgIpc) is 3.11. The van der Waals surface area contributed by atoms with Crippen molar-refractivity contribution in [2.75, 3.05) is 45.2 Å². The third-order valence-electron chi connectivity index (χ3n) is 6.09. The monoisotopic (exact) mass is 409 g/mol. The van der Waals surface area contributed by atoms with Crippen LogP contribution in [0, 0.1) is 11.3 Å². The smallest absolute Gasteiger partial charge is 0.247 e. The molecular formula is C20H32ClN5O2. The molecule has 2 aliphatic rings. The van der Waals surface area contributed by atoms with E-state index in [1.54, 1.807) is 17.7 Å². The van der Waals surface area contributed by atoms with Crippen molar-refractivity contribution in [3.63, 3.8) is 0 Å². The first-order valence-electron chi connectivity index (χ1n) is 10.2. The third-order valence-corrected chi connectivity index (χ3v) is 6.39. The highest BCUT2D eigenvalue weighted by atomic mass is 35.5. The first kappa shape index (κ1) is 21.1. The highest BCUT2D eigenvalue weighted by molar-refractivity contribution is 6.30. The molecule has 3 heterocycles. The summed E-state index contributed by atoms with van der Waals surface area (Å²) in [6, 6.07) is 3.54. The molecule has 1 aromatic rings. The lowest BCUT2D eigenvalue weighted by Gasteiger charge is -2.33. The summed E-state index contributed by atoms with van der Waals surface area (Å²) in [6.07, 6.45) is 3.95. The van der Waals surface area contributed by atoms with Crippen molar-refractivity contribution < 1.29 is 9.53 Å². The number of pyridine rings is 1. The van der Waals surface area contributed by atoms with Crippen LogP contribution >= 0.6 is 11.6 Å². The second-order valence-electron chi connectivity index (χ2n) is 7.90. The molecule has 3 rings (SSSR count). The maximum atomic E-state index is 13.0. The normalized spacial score (nSPS) is 22.7. The molecule has 3 N–H and O–H groups in total. The van der Waals surface area contributed by atoms with Gasteiger partial charge < -0.3 is 24.8 Å². The van der Waals surface area contributed by atoms with Crippen LogP contribution in [-0.4, -0.2) is 60.8 Å². The average molecular weight is 410 g/mol. The van der Waals surface area contributed by atoms with Gasteiger partial charge in [-0.2, -0.15) is 0 Å². The van der Waals surface area contributed by atoms with E-state index in [0.29, 0.717) is 30.5 Å². The zero-order chi connectivity index (χ0) is 20.1. The molecule has 1 atom stereocenters. The Bertz CT molecular complexity index is 745. The van der Waals surface area contributed by atoms with E-state index in [-0.39, 0.29) is 11.4 Å². The van der Waals surface area contributed by atoms with Crippen molar-refractivity contribution in [2.24, 2.45) is 5.92 Å². The van der Waals surface area contributed by atoms with Crippen LogP contribution in [0.4, 0.5) is 5.82 Å². The van der Waals surface area contributed by atoms with Gasteiger partial charge in [-0.25, -0.2) is 0 Å². The van der Waals surface area contributed by atoms with Crippen molar-refractivity contribution in [1.82, 2.24) is 14.8 Å². The Kier molecular flexibility index (Phi) is 7.01. The van der Waals surface area contributed by atoms with Crippen molar-refractivity contribution in [3.8, 4) is 0 Å². The second-order valence-corrected chi connectivity index (χ2v) is 8.31. The summed E-state index contributed by atoms with van der Waals surface area (Å²) in [5, 5.41) is 15.1. The summed E-state index contributed by atoms with van der Waals surface area (Å²) < 4.78 is 6.91. The number of carbonyl (C=O) groups excluding carboxylic acids is 1. The molecule has 0 saturated carbocycles. The fourth-order valence-electron chi connectivity index (χ4n) is 4.14. The van der Waals surface area contributed by atoms with Crippen LogP contribution in [0.25, 0.3) is 0 Å². The van der Waals surface area contributed by atoms with Gasteiger partial charge in [-0.15, -0.1) is 0 Å². The molecule has 0 aromatic carbocycles. The predicted molar refractivity (Wildman–Crippen MR) is 111 cm³/mol. The Morgan fingerprint density at radius 2 is 2.18 bits per heavy atom. The number of rotatable bonds is 8. The lowest BCUT2D eigenvalue weighted by molar-refractivity contribution is -0.126. The summed E-state index contributed by atoms with van der Waals surface area (Å²) in [7, 11) is 1.74. The summed E-state index contributed by atoms with van der Waals surface area (Å²) in [4.78, 5) is 15.5. The van der Waals surface area contributed by atoms with Crippen LogP contribution in [0.2, 0.25) is 5.02 Å². The van der Waals surface area contributed by atoms with E-state index in [2.05, 4.69) is 15.5 Å². The molecule has 0 bridgehead atoms. The zero-order valence-electron chi connectivity index (χ0n) is 16.9. The standard InChI is InChI=1S/C20H32ClN5O2/c1-3-20(14-26-17(24-20)6-5-16(21)18(26)22)19(27)23-13-15-7-10-25(11-8-15)9-4-12-28-2/h5-6,15,22,24H,3-4,7-14H2,1-2H3,(H,23,27). The SMILES string of the molecule is CCC1(C(=O)NCC2CCN(CCCOC)CC2)Cn2c(ccc(Cl)c2=N)N1. The summed E-state index contributed by atoms with van der Waals surface area (Å²) >= 11 is 6.08. The van der Waals surface area contributed by atoms with Gasteiger partial charge in [0.2, 0.25) is 5.91 Å². The van der Waals surface area contributed by atoms with Gasteiger partial charge in [0.05, 0.1) is 11.6 Å². The number of likely N-dealkylation sites (tertiary alicyclic amines) is 1. The van der Waals surface area contributed by atoms with Crippen LogP contribution in [-0.2, 0) is 16.1 Å². The Morgan fingerprint density at radius 3 is 2.86 bits per heavy atom. The Hall–Kier alpha value is -1.57. The number of nitrogens with one attached hydrogen (secondary N) is 3. The van der Waals surface area contributed by atoms with E-state index < -0.39 is 5.54 Å². The topological polar surface area (TPSA) is 82.4 Å². The van der Waals surface area contributed by atoms with Gasteiger partial charge in [0, 0.05) is 26.8 Å². The van der Waals surface area contributed by atoms with Crippen LogP contribution in [0.3, 0.4) is 0 Å². The van der Waals surface area contributed by atoms with E-state index in [1.807, 2.05) is 13.0 Å². The van der Waals surface area contributed by atoms with Gasteiger partial charge in [0.1, 0.15) is 16.8 Å². The molecule has 28 heavy (non-hydrogen) atoms. The van der Waals surface area contributed by atoms with E-state index in [4.69, 9.17) is 21.7 Å². The first-order chi connectivity index (χ1) is 13.5. The molecule has 1 saturated heterocycles. The predicted octanol–water partition coefficient (Wildman–Crippen LogP) is 2.06. The molecule has 1 amide bonds. The minimum absolute atomic E-state index is 0.0109. The summed E-state index contributed by atoms with van der Waals surface area (Å²) in [5.74, 6) is 1.31. The molecule has 2 aliphatic heterocycles. The van der Waals surface area contributed by atoms with Gasteiger partial charge >= 0.3 is 0 Å². The lowest BCUT2D eigenvalue weighted by Crippen LogP contribution is -2.53. The minimum atomic E-state index is -0.714. The van der Waals surface area contributed by atoms with Crippen molar-refractivity contribution in [1.29, 1.82) is 5.41 Å². The van der Waals surface area contributed by atoms with Gasteiger partial charge in [0.15, 0.2) is 0 Å². The van der Waals surface area contributed by atoms with E-state index in [1.165, 1.54) is 0 Å². The Labute approximate surface area is 171 Å². The number of amides is 1. The molecule has 0 aliphatic carbocycles. The molecule has 156 valence electrons. The van der Waals surface area contributed by atoms with Crippen LogP contribution < -0.4 is 16.1 Å². The number of ether oxygens (including phenoxy) is 1. The molecule has 8 heteroatoms. The van der Waals surface area contributed by atoms with Gasteiger partial charge in [0.25, 0.3) is 0 Å². The lowest BCUT2D eigenvalue weighted by atomic mass is 9.93. The van der Waals surface area contributed by atoms with E-state index >= 15 is 0 Å². The van der Waals surface area contributed by atoms with Gasteiger partial charge in [-0.05, 0) is 56.8 Å². The van der Waals surface area contributed by atoms with E-state index in [9.17, 15) is 4.79 Å². The van der Waals surface area contributed by atoms with Crippen molar-refractivity contribution in [2.45, 2.75) is 44.7 Å². The Morgan fingerprint density at radius 1 is 1.43 bits per heavy atom. The number of hydrogen-bond donors (Lipinski definition) is 3. The molecule has 0 spiro atoms. The maximum Gasteiger partial charge on any atom is 0.247 e. The fraction of sp³-hybridized carbons (Fsp3) is 0.700.